The summed E-state index contributed by atoms with van der Waals surface area (Å²) in [6.45, 7) is 5.05. The summed E-state index contributed by atoms with van der Waals surface area (Å²) in [7, 11) is 1.74. The van der Waals surface area contributed by atoms with Gasteiger partial charge in [0.25, 0.3) is 0 Å². The fourth-order valence-corrected chi connectivity index (χ4v) is 2.26. The first kappa shape index (κ1) is 14.6. The fourth-order valence-electron chi connectivity index (χ4n) is 2.26. The average Bonchev–Trinajstić information content (AvgIpc) is 2.47. The first-order chi connectivity index (χ1) is 9.70. The van der Waals surface area contributed by atoms with Gasteiger partial charge in [0.15, 0.2) is 0 Å². The molecule has 0 aliphatic carbocycles. The third-order valence-corrected chi connectivity index (χ3v) is 3.54. The van der Waals surface area contributed by atoms with Gasteiger partial charge >= 0.3 is 0 Å². The molecule has 2 heteroatoms. The van der Waals surface area contributed by atoms with E-state index in [0.717, 1.165) is 13.0 Å². The summed E-state index contributed by atoms with van der Waals surface area (Å²) in [5.41, 5.74) is 5.09. The Labute approximate surface area is 121 Å². The standard InChI is InChI=1S/C18H23NO/c1-14-8-10-16(11-9-14)15(2)19-18-7-5-4-6-17(18)12-13-20-3/h4-11,15,19H,12-13H2,1-3H3. The zero-order valence-electron chi connectivity index (χ0n) is 12.5. The van der Waals surface area contributed by atoms with Crippen LogP contribution < -0.4 is 5.32 Å². The first-order valence-corrected chi connectivity index (χ1v) is 7.10. The normalized spacial score (nSPS) is 12.2. The summed E-state index contributed by atoms with van der Waals surface area (Å²) in [4.78, 5) is 0. The van der Waals surface area contributed by atoms with Crippen LogP contribution in [0.5, 0.6) is 0 Å². The Morgan fingerprint density at radius 2 is 1.75 bits per heavy atom. The number of hydrogen-bond acceptors (Lipinski definition) is 2. The van der Waals surface area contributed by atoms with Crippen LogP contribution in [0.4, 0.5) is 5.69 Å². The molecule has 1 unspecified atom stereocenters. The summed E-state index contributed by atoms with van der Waals surface area (Å²) in [5, 5.41) is 3.60. The van der Waals surface area contributed by atoms with E-state index in [1.54, 1.807) is 7.11 Å². The van der Waals surface area contributed by atoms with E-state index in [4.69, 9.17) is 4.74 Å². The molecular weight excluding hydrogens is 246 g/mol. The Morgan fingerprint density at radius 3 is 2.45 bits per heavy atom. The highest BCUT2D eigenvalue weighted by molar-refractivity contribution is 5.52. The molecule has 0 fully saturated rings. The lowest BCUT2D eigenvalue weighted by molar-refractivity contribution is 0.202. The van der Waals surface area contributed by atoms with Crippen LogP contribution in [0.3, 0.4) is 0 Å². The molecule has 0 amide bonds. The Kier molecular flexibility index (Phi) is 5.19. The van der Waals surface area contributed by atoms with Crippen LogP contribution in [0, 0.1) is 6.92 Å². The Hall–Kier alpha value is -1.80. The number of anilines is 1. The minimum atomic E-state index is 0.291. The van der Waals surface area contributed by atoms with Crippen molar-refractivity contribution in [3.63, 3.8) is 0 Å². The van der Waals surface area contributed by atoms with Crippen LogP contribution in [0.15, 0.2) is 48.5 Å². The highest BCUT2D eigenvalue weighted by atomic mass is 16.5. The van der Waals surface area contributed by atoms with Gasteiger partial charge in [0.05, 0.1) is 6.61 Å². The van der Waals surface area contributed by atoms with E-state index in [2.05, 4.69) is 67.7 Å². The predicted octanol–water partition coefficient (Wildman–Crippen LogP) is 4.36. The van der Waals surface area contributed by atoms with E-state index in [1.807, 2.05) is 0 Å². The second kappa shape index (κ2) is 7.11. The van der Waals surface area contributed by atoms with Crippen molar-refractivity contribution in [2.75, 3.05) is 19.0 Å². The molecule has 0 saturated heterocycles. The monoisotopic (exact) mass is 269 g/mol. The van der Waals surface area contributed by atoms with Crippen molar-refractivity contribution in [3.8, 4) is 0 Å². The van der Waals surface area contributed by atoms with E-state index in [1.165, 1.54) is 22.4 Å². The van der Waals surface area contributed by atoms with Gasteiger partial charge in [-0.25, -0.2) is 0 Å². The zero-order valence-corrected chi connectivity index (χ0v) is 12.5. The van der Waals surface area contributed by atoms with Gasteiger partial charge in [-0.3, -0.25) is 0 Å². The molecule has 0 saturated carbocycles. The van der Waals surface area contributed by atoms with Crippen LogP contribution in [-0.2, 0) is 11.2 Å². The van der Waals surface area contributed by atoms with Gasteiger partial charge in [0.1, 0.15) is 0 Å². The molecule has 0 aliphatic rings. The maximum absolute atomic E-state index is 5.18. The SMILES string of the molecule is COCCc1ccccc1NC(C)c1ccc(C)cc1. The molecule has 0 bridgehead atoms. The smallest absolute Gasteiger partial charge is 0.0503 e. The maximum Gasteiger partial charge on any atom is 0.0503 e. The van der Waals surface area contributed by atoms with Gasteiger partial charge in [-0.2, -0.15) is 0 Å². The average molecular weight is 269 g/mol. The van der Waals surface area contributed by atoms with Crippen molar-refractivity contribution < 1.29 is 4.74 Å². The summed E-state index contributed by atoms with van der Waals surface area (Å²) in [5.74, 6) is 0. The second-order valence-electron chi connectivity index (χ2n) is 5.18. The van der Waals surface area contributed by atoms with Crippen LogP contribution in [0.25, 0.3) is 0 Å². The Bertz CT molecular complexity index is 533. The number of benzene rings is 2. The van der Waals surface area contributed by atoms with E-state index < -0.39 is 0 Å². The van der Waals surface area contributed by atoms with Crippen LogP contribution >= 0.6 is 0 Å². The molecule has 0 radical (unpaired) electrons. The van der Waals surface area contributed by atoms with E-state index in [0.29, 0.717) is 6.04 Å². The van der Waals surface area contributed by atoms with Crippen molar-refractivity contribution >= 4 is 5.69 Å². The number of methoxy groups -OCH3 is 1. The van der Waals surface area contributed by atoms with E-state index in [9.17, 15) is 0 Å². The minimum absolute atomic E-state index is 0.291. The van der Waals surface area contributed by atoms with Crippen LogP contribution in [-0.4, -0.2) is 13.7 Å². The van der Waals surface area contributed by atoms with Gasteiger partial charge < -0.3 is 10.1 Å². The summed E-state index contributed by atoms with van der Waals surface area (Å²) in [6.07, 6.45) is 0.931. The number of rotatable bonds is 6. The Balaban J connectivity index is 2.10. The molecule has 20 heavy (non-hydrogen) atoms. The van der Waals surface area contributed by atoms with E-state index in [-0.39, 0.29) is 0 Å². The third kappa shape index (κ3) is 3.84. The molecule has 0 aliphatic heterocycles. The number of aryl methyl sites for hydroxylation is 1. The molecule has 106 valence electrons. The lowest BCUT2D eigenvalue weighted by atomic mass is 10.0. The molecule has 2 nitrogen and oxygen atoms in total. The predicted molar refractivity (Wildman–Crippen MR) is 85.2 cm³/mol. The lowest BCUT2D eigenvalue weighted by Crippen LogP contribution is -2.09. The second-order valence-corrected chi connectivity index (χ2v) is 5.18. The highest BCUT2D eigenvalue weighted by Gasteiger charge is 2.07. The topological polar surface area (TPSA) is 21.3 Å². The van der Waals surface area contributed by atoms with Crippen molar-refractivity contribution in [3.05, 3.63) is 65.2 Å². The van der Waals surface area contributed by atoms with Crippen molar-refractivity contribution in [1.29, 1.82) is 0 Å². The first-order valence-electron chi connectivity index (χ1n) is 7.10. The van der Waals surface area contributed by atoms with Crippen molar-refractivity contribution in [2.24, 2.45) is 0 Å². The van der Waals surface area contributed by atoms with Gasteiger partial charge in [-0.1, -0.05) is 48.0 Å². The quantitative estimate of drug-likeness (QED) is 0.841. The van der Waals surface area contributed by atoms with Gasteiger partial charge in [0, 0.05) is 18.8 Å². The zero-order chi connectivity index (χ0) is 14.4. The molecule has 0 heterocycles. The number of hydrogen-bond donors (Lipinski definition) is 1. The molecule has 2 aromatic carbocycles. The fraction of sp³-hybridized carbons (Fsp3) is 0.333. The number of para-hydroxylation sites is 1. The summed E-state index contributed by atoms with van der Waals surface area (Å²) < 4.78 is 5.18. The molecular formula is C18H23NO. The van der Waals surface area contributed by atoms with Crippen LogP contribution in [0.2, 0.25) is 0 Å². The number of ether oxygens (including phenoxy) is 1. The van der Waals surface area contributed by atoms with Crippen LogP contribution in [0.1, 0.15) is 29.7 Å². The largest absolute Gasteiger partial charge is 0.384 e. The molecule has 2 aromatic rings. The Morgan fingerprint density at radius 1 is 1.05 bits per heavy atom. The molecule has 1 N–H and O–H groups in total. The van der Waals surface area contributed by atoms with Crippen molar-refractivity contribution in [2.45, 2.75) is 26.3 Å². The molecule has 0 aromatic heterocycles. The van der Waals surface area contributed by atoms with E-state index >= 15 is 0 Å². The minimum Gasteiger partial charge on any atom is -0.384 e. The van der Waals surface area contributed by atoms with Gasteiger partial charge in [-0.15, -0.1) is 0 Å². The third-order valence-electron chi connectivity index (χ3n) is 3.54. The number of nitrogens with one attached hydrogen (secondary N) is 1. The molecule has 0 spiro atoms. The highest BCUT2D eigenvalue weighted by Crippen LogP contribution is 2.23. The molecule has 2 rings (SSSR count). The van der Waals surface area contributed by atoms with Gasteiger partial charge in [0.2, 0.25) is 0 Å². The lowest BCUT2D eigenvalue weighted by Gasteiger charge is -2.18. The summed E-state index contributed by atoms with van der Waals surface area (Å²) >= 11 is 0. The van der Waals surface area contributed by atoms with Crippen molar-refractivity contribution in [1.82, 2.24) is 0 Å². The maximum atomic E-state index is 5.18. The molecule has 1 atom stereocenters. The van der Waals surface area contributed by atoms with Gasteiger partial charge in [-0.05, 0) is 37.5 Å². The summed E-state index contributed by atoms with van der Waals surface area (Å²) in [6, 6.07) is 17.4.